The molecular formula is C7H17N3. The molecule has 0 aliphatic carbocycles. The van der Waals surface area contributed by atoms with E-state index < -0.39 is 0 Å². The second-order valence-corrected chi connectivity index (χ2v) is 1.13. The van der Waals surface area contributed by atoms with Gasteiger partial charge >= 0.3 is 0 Å². The van der Waals surface area contributed by atoms with Crippen LogP contribution >= 0.6 is 0 Å². The van der Waals surface area contributed by atoms with Gasteiger partial charge in [0.15, 0.2) is 0 Å². The van der Waals surface area contributed by atoms with Gasteiger partial charge in [-0.2, -0.15) is 0 Å². The number of nitrogens with zero attached hydrogens (tertiary/aromatic N) is 3. The molecule has 0 saturated heterocycles. The number of hydrogen-bond acceptors (Lipinski definition) is 2. The highest BCUT2D eigenvalue weighted by Crippen LogP contribution is 1.66. The number of rotatable bonds is 0. The molecule has 1 aromatic rings. The van der Waals surface area contributed by atoms with Crippen molar-refractivity contribution >= 4 is 0 Å². The van der Waals surface area contributed by atoms with Gasteiger partial charge in [-0.05, 0) is 0 Å². The largest absolute Gasteiger partial charge is 0.323 e. The Morgan fingerprint density at radius 2 is 1.20 bits per heavy atom. The molecule has 0 aliphatic heterocycles. The van der Waals surface area contributed by atoms with Crippen LogP contribution in [0.25, 0.3) is 0 Å². The van der Waals surface area contributed by atoms with Gasteiger partial charge in [-0.15, -0.1) is 10.2 Å². The average molecular weight is 143 g/mol. The van der Waals surface area contributed by atoms with E-state index in [1.54, 1.807) is 17.2 Å². The minimum atomic E-state index is 1.64. The van der Waals surface area contributed by atoms with Crippen LogP contribution in [0.3, 0.4) is 0 Å². The molecule has 0 N–H and O–H groups in total. The van der Waals surface area contributed by atoms with Crippen molar-refractivity contribution in [1.29, 1.82) is 0 Å². The molecule has 0 aliphatic rings. The van der Waals surface area contributed by atoms with Crippen LogP contribution in [0.1, 0.15) is 27.7 Å². The molecule has 60 valence electrons. The third kappa shape index (κ3) is 7.14. The summed E-state index contributed by atoms with van der Waals surface area (Å²) >= 11 is 0. The van der Waals surface area contributed by atoms with Crippen LogP contribution in [0.5, 0.6) is 0 Å². The van der Waals surface area contributed by atoms with Crippen LogP contribution in [0.4, 0.5) is 0 Å². The van der Waals surface area contributed by atoms with E-state index in [-0.39, 0.29) is 0 Å². The van der Waals surface area contributed by atoms with Gasteiger partial charge in [0.1, 0.15) is 12.7 Å². The van der Waals surface area contributed by atoms with E-state index in [4.69, 9.17) is 0 Å². The van der Waals surface area contributed by atoms with Crippen LogP contribution in [0.15, 0.2) is 12.7 Å². The molecule has 3 heteroatoms. The fourth-order valence-corrected chi connectivity index (χ4v) is 0.252. The maximum Gasteiger partial charge on any atom is 0.119 e. The van der Waals surface area contributed by atoms with Crippen LogP contribution < -0.4 is 0 Å². The Balaban J connectivity index is 0. The van der Waals surface area contributed by atoms with Gasteiger partial charge in [0.05, 0.1) is 0 Å². The monoisotopic (exact) mass is 143 g/mol. The Hall–Kier alpha value is -0.860. The lowest BCUT2D eigenvalue weighted by Crippen LogP contribution is -1.76. The maximum absolute atomic E-state index is 3.53. The Bertz CT molecular complexity index is 112. The minimum Gasteiger partial charge on any atom is -0.323 e. The summed E-state index contributed by atoms with van der Waals surface area (Å²) < 4.78 is 1.78. The molecule has 0 aromatic carbocycles. The molecule has 0 radical (unpaired) electrons. The quantitative estimate of drug-likeness (QED) is 0.555. The predicted molar refractivity (Wildman–Crippen MR) is 43.7 cm³/mol. The van der Waals surface area contributed by atoms with E-state index >= 15 is 0 Å². The van der Waals surface area contributed by atoms with E-state index in [1.807, 2.05) is 34.7 Å². The Kier molecular flexibility index (Phi) is 13.1. The lowest BCUT2D eigenvalue weighted by atomic mass is 11.0. The molecule has 3 nitrogen and oxygen atoms in total. The summed E-state index contributed by atoms with van der Waals surface area (Å²) in [4.78, 5) is 0. The zero-order chi connectivity index (χ0) is 8.41. The minimum absolute atomic E-state index is 1.64. The molecular weight excluding hydrogens is 126 g/mol. The summed E-state index contributed by atoms with van der Waals surface area (Å²) in [5.41, 5.74) is 0. The number of aromatic nitrogens is 3. The van der Waals surface area contributed by atoms with E-state index in [1.165, 1.54) is 0 Å². The van der Waals surface area contributed by atoms with Crippen LogP contribution in [0, 0.1) is 0 Å². The van der Waals surface area contributed by atoms with E-state index in [0.29, 0.717) is 0 Å². The fraction of sp³-hybridized carbons (Fsp3) is 0.714. The van der Waals surface area contributed by atoms with Crippen LogP contribution in [-0.2, 0) is 7.05 Å². The van der Waals surface area contributed by atoms with Crippen molar-refractivity contribution in [1.82, 2.24) is 14.8 Å². The highest BCUT2D eigenvalue weighted by atomic mass is 15.2. The topological polar surface area (TPSA) is 30.7 Å². The second kappa shape index (κ2) is 11.0. The van der Waals surface area contributed by atoms with Crippen molar-refractivity contribution in [3.8, 4) is 0 Å². The third-order valence-electron chi connectivity index (χ3n) is 0.534. The van der Waals surface area contributed by atoms with Gasteiger partial charge in [-0.3, -0.25) is 0 Å². The molecule has 0 unspecified atom stereocenters. The van der Waals surface area contributed by atoms with Gasteiger partial charge in [-0.25, -0.2) is 0 Å². The van der Waals surface area contributed by atoms with Gasteiger partial charge in [0.25, 0.3) is 0 Å². The summed E-state index contributed by atoms with van der Waals surface area (Å²) in [6.45, 7) is 8.00. The Morgan fingerprint density at radius 3 is 1.30 bits per heavy atom. The van der Waals surface area contributed by atoms with Gasteiger partial charge in [-0.1, -0.05) is 27.7 Å². The molecule has 0 spiro atoms. The van der Waals surface area contributed by atoms with Crippen molar-refractivity contribution in [2.75, 3.05) is 0 Å². The summed E-state index contributed by atoms with van der Waals surface area (Å²) in [6, 6.07) is 0. The highest BCUT2D eigenvalue weighted by Gasteiger charge is 1.70. The standard InChI is InChI=1S/C3H5N3.2C2H6/c1-6-2-4-5-3-6;2*1-2/h2-3H,1H3;2*1-2H3. The molecule has 10 heavy (non-hydrogen) atoms. The molecule has 0 atom stereocenters. The lowest BCUT2D eigenvalue weighted by molar-refractivity contribution is 0.910. The first-order valence-electron chi connectivity index (χ1n) is 3.68. The Morgan fingerprint density at radius 1 is 0.900 bits per heavy atom. The van der Waals surface area contributed by atoms with Gasteiger partial charge < -0.3 is 4.57 Å². The van der Waals surface area contributed by atoms with Crippen molar-refractivity contribution in [3.05, 3.63) is 12.7 Å². The SMILES string of the molecule is CC.CC.Cn1cnnc1. The Labute approximate surface area is 63.1 Å². The van der Waals surface area contributed by atoms with Crippen molar-refractivity contribution in [2.45, 2.75) is 27.7 Å². The summed E-state index contributed by atoms with van der Waals surface area (Å²) in [7, 11) is 1.88. The lowest BCUT2D eigenvalue weighted by Gasteiger charge is -1.74. The number of hydrogen-bond donors (Lipinski definition) is 0. The molecule has 1 aromatic heterocycles. The zero-order valence-electron chi connectivity index (χ0n) is 7.50. The van der Waals surface area contributed by atoms with Crippen LogP contribution in [-0.4, -0.2) is 14.8 Å². The zero-order valence-corrected chi connectivity index (χ0v) is 7.50. The third-order valence-corrected chi connectivity index (χ3v) is 0.534. The molecule has 0 bridgehead atoms. The number of aryl methyl sites for hydroxylation is 1. The summed E-state index contributed by atoms with van der Waals surface area (Å²) in [5, 5.41) is 7.07. The van der Waals surface area contributed by atoms with E-state index in [9.17, 15) is 0 Å². The highest BCUT2D eigenvalue weighted by molar-refractivity contribution is 4.52. The fourth-order valence-electron chi connectivity index (χ4n) is 0.252. The van der Waals surface area contributed by atoms with E-state index in [0.717, 1.165) is 0 Å². The molecule has 0 fully saturated rings. The van der Waals surface area contributed by atoms with Crippen LogP contribution in [0.2, 0.25) is 0 Å². The van der Waals surface area contributed by atoms with Crippen molar-refractivity contribution < 1.29 is 0 Å². The van der Waals surface area contributed by atoms with Crippen molar-refractivity contribution in [3.63, 3.8) is 0 Å². The second-order valence-electron chi connectivity index (χ2n) is 1.13. The smallest absolute Gasteiger partial charge is 0.119 e. The first-order chi connectivity index (χ1) is 4.89. The van der Waals surface area contributed by atoms with Crippen molar-refractivity contribution in [2.24, 2.45) is 7.05 Å². The summed E-state index contributed by atoms with van der Waals surface area (Å²) in [6.07, 6.45) is 3.28. The first kappa shape index (κ1) is 11.9. The molecule has 0 saturated carbocycles. The predicted octanol–water partition coefficient (Wildman–Crippen LogP) is 1.87. The average Bonchev–Trinajstić information content (AvgIpc) is 2.48. The van der Waals surface area contributed by atoms with Gasteiger partial charge in [0.2, 0.25) is 0 Å². The molecule has 1 rings (SSSR count). The first-order valence-corrected chi connectivity index (χ1v) is 3.68. The summed E-state index contributed by atoms with van der Waals surface area (Å²) in [5.74, 6) is 0. The maximum atomic E-state index is 3.53. The normalized spacial score (nSPS) is 6.50. The molecule has 0 amide bonds. The van der Waals surface area contributed by atoms with Gasteiger partial charge in [0, 0.05) is 7.05 Å². The molecule has 1 heterocycles. The van der Waals surface area contributed by atoms with E-state index in [2.05, 4.69) is 10.2 Å².